The Morgan fingerprint density at radius 1 is 0.580 bits per heavy atom. The number of rotatable bonds is 17. The molecule has 0 atom stereocenters. The van der Waals surface area contributed by atoms with Crippen LogP contribution in [0.4, 0.5) is 9.59 Å². The van der Waals surface area contributed by atoms with Crippen molar-refractivity contribution < 1.29 is 32.3 Å². The van der Waals surface area contributed by atoms with E-state index in [1.54, 1.807) is 0 Å². The highest BCUT2D eigenvalue weighted by Gasteiger charge is 2.46. The van der Waals surface area contributed by atoms with E-state index in [1.165, 1.54) is 0 Å². The normalized spacial score (nSPS) is 12.9. The molecular formula is C40H48N2O7Si. The van der Waals surface area contributed by atoms with Gasteiger partial charge in [-0.25, -0.2) is 9.59 Å². The lowest BCUT2D eigenvalue weighted by molar-refractivity contribution is 0.0707. The minimum absolute atomic E-state index is 0.398. The lowest BCUT2D eigenvalue weighted by atomic mass is 9.68. The van der Waals surface area contributed by atoms with Crippen LogP contribution in [0.1, 0.15) is 69.2 Å². The monoisotopic (exact) mass is 696 g/mol. The van der Waals surface area contributed by atoms with Gasteiger partial charge in [-0.3, -0.25) is 0 Å². The fraction of sp³-hybridized carbons (Fsp3) is 0.350. The van der Waals surface area contributed by atoms with Crippen molar-refractivity contribution in [3.05, 3.63) is 119 Å². The number of fused-ring (bicyclic) bond motifs is 3. The lowest BCUT2D eigenvalue weighted by Gasteiger charge is -2.34. The molecule has 5 rings (SSSR count). The third kappa shape index (κ3) is 8.11. The molecule has 0 spiro atoms. The molecule has 0 heterocycles. The van der Waals surface area contributed by atoms with Crippen molar-refractivity contribution in [3.63, 3.8) is 0 Å². The zero-order chi connectivity index (χ0) is 35.4. The van der Waals surface area contributed by atoms with E-state index in [0.717, 1.165) is 46.2 Å². The summed E-state index contributed by atoms with van der Waals surface area (Å²) in [4.78, 5) is 25.1. The molecule has 4 aromatic rings. The molecule has 9 nitrogen and oxygen atoms in total. The zero-order valence-corrected chi connectivity index (χ0v) is 30.5. The number of carbonyl (C=O) groups excluding carboxylic acids is 2. The topological polar surface area (TPSA) is 104 Å². The average molecular weight is 697 g/mol. The molecule has 1 aliphatic carbocycles. The number of amides is 2. The van der Waals surface area contributed by atoms with E-state index < -0.39 is 26.4 Å². The van der Waals surface area contributed by atoms with Gasteiger partial charge in [0.2, 0.25) is 0 Å². The van der Waals surface area contributed by atoms with Gasteiger partial charge in [0.05, 0.1) is 5.41 Å². The number of benzene rings is 4. The van der Waals surface area contributed by atoms with Gasteiger partial charge in [0.1, 0.15) is 11.5 Å². The fourth-order valence-corrected chi connectivity index (χ4v) is 9.33. The zero-order valence-electron chi connectivity index (χ0n) is 29.5. The van der Waals surface area contributed by atoms with Gasteiger partial charge < -0.3 is 33.4 Å². The van der Waals surface area contributed by atoms with Crippen LogP contribution >= 0.6 is 0 Å². The van der Waals surface area contributed by atoms with Crippen LogP contribution in [-0.4, -0.2) is 53.9 Å². The molecule has 0 bridgehead atoms. The summed E-state index contributed by atoms with van der Waals surface area (Å²) in [7, 11) is -2.78. The molecule has 264 valence electrons. The molecular weight excluding hydrogens is 649 g/mol. The Hall–Kier alpha value is -4.48. The molecule has 0 radical (unpaired) electrons. The SMILES string of the molecule is CCCCNC(=O)Oc1ccc(C2(c3ccc(OC(=O)NCCC[Si](OCC)(OCC)OCC)cc3)c3ccccc3-c3ccccc32)cc1. The van der Waals surface area contributed by atoms with E-state index >= 15 is 0 Å². The molecule has 2 amide bonds. The van der Waals surface area contributed by atoms with Gasteiger partial charge in [-0.05, 0) is 91.3 Å². The van der Waals surface area contributed by atoms with Crippen LogP contribution in [0.15, 0.2) is 97.1 Å². The second-order valence-electron chi connectivity index (χ2n) is 12.0. The standard InChI is InChI=1S/C40H48N2O7Si/c1-5-9-27-41-38(43)48-32-23-19-30(20-24-32)40(36-17-12-10-15-34(36)35-16-11-13-18-37(35)40)31-21-25-33(26-22-31)49-39(44)42-28-14-29-50(45-6-2,46-7-3)47-8-4/h10-13,15-26H,5-9,14,27-29H2,1-4H3,(H,41,43)(H,42,44). The van der Waals surface area contributed by atoms with E-state index in [2.05, 4.69) is 66.1 Å². The summed E-state index contributed by atoms with van der Waals surface area (Å²) < 4.78 is 29.0. The summed E-state index contributed by atoms with van der Waals surface area (Å²) in [6, 6.07) is 32.9. The van der Waals surface area contributed by atoms with Crippen molar-refractivity contribution in [1.82, 2.24) is 10.6 Å². The maximum Gasteiger partial charge on any atom is 0.500 e. The highest BCUT2D eigenvalue weighted by molar-refractivity contribution is 6.60. The highest BCUT2D eigenvalue weighted by Crippen LogP contribution is 2.56. The first-order valence-electron chi connectivity index (χ1n) is 17.6. The third-order valence-corrected chi connectivity index (χ3v) is 11.9. The molecule has 0 fully saturated rings. The van der Waals surface area contributed by atoms with E-state index in [9.17, 15) is 9.59 Å². The number of nitrogens with one attached hydrogen (secondary N) is 2. The number of carbonyl (C=O) groups is 2. The first-order valence-corrected chi connectivity index (χ1v) is 19.6. The Morgan fingerprint density at radius 3 is 1.42 bits per heavy atom. The van der Waals surface area contributed by atoms with Gasteiger partial charge in [-0.1, -0.05) is 86.1 Å². The fourth-order valence-electron chi connectivity index (χ4n) is 6.72. The van der Waals surface area contributed by atoms with Gasteiger partial charge in [-0.15, -0.1) is 0 Å². The molecule has 4 aromatic carbocycles. The van der Waals surface area contributed by atoms with Crippen LogP contribution in [0.3, 0.4) is 0 Å². The minimum atomic E-state index is -2.78. The first-order chi connectivity index (χ1) is 24.4. The van der Waals surface area contributed by atoms with Crippen LogP contribution in [-0.2, 0) is 18.7 Å². The van der Waals surface area contributed by atoms with Crippen LogP contribution in [0.2, 0.25) is 6.04 Å². The van der Waals surface area contributed by atoms with Gasteiger partial charge in [-0.2, -0.15) is 0 Å². The summed E-state index contributed by atoms with van der Waals surface area (Å²) in [5.74, 6) is 0.898. The quantitative estimate of drug-likeness (QED) is 0.0743. The Kier molecular flexibility index (Phi) is 12.8. The van der Waals surface area contributed by atoms with Crippen molar-refractivity contribution in [1.29, 1.82) is 0 Å². The minimum Gasteiger partial charge on any atom is -0.410 e. The average Bonchev–Trinajstić information content (AvgIpc) is 3.42. The summed E-state index contributed by atoms with van der Waals surface area (Å²) in [6.45, 7) is 10.3. The maximum absolute atomic E-state index is 12.8. The summed E-state index contributed by atoms with van der Waals surface area (Å²) >= 11 is 0. The number of hydrogen-bond acceptors (Lipinski definition) is 7. The predicted molar refractivity (Wildman–Crippen MR) is 197 cm³/mol. The van der Waals surface area contributed by atoms with Gasteiger partial charge in [0.25, 0.3) is 0 Å². The Bertz CT molecular complexity index is 1650. The van der Waals surface area contributed by atoms with E-state index in [-0.39, 0.29) is 0 Å². The van der Waals surface area contributed by atoms with Crippen molar-refractivity contribution in [2.75, 3.05) is 32.9 Å². The van der Waals surface area contributed by atoms with E-state index in [0.29, 0.717) is 56.9 Å². The molecule has 0 saturated heterocycles. The first kappa shape index (κ1) is 36.8. The molecule has 1 aliphatic rings. The summed E-state index contributed by atoms with van der Waals surface area (Å²) in [5.41, 5.74) is 5.97. The molecule has 10 heteroatoms. The predicted octanol–water partition coefficient (Wildman–Crippen LogP) is 8.47. The molecule has 0 saturated carbocycles. The van der Waals surface area contributed by atoms with E-state index in [4.69, 9.17) is 22.8 Å². The smallest absolute Gasteiger partial charge is 0.410 e. The largest absolute Gasteiger partial charge is 0.500 e. The number of hydrogen-bond donors (Lipinski definition) is 2. The van der Waals surface area contributed by atoms with Crippen molar-refractivity contribution >= 4 is 21.0 Å². The van der Waals surface area contributed by atoms with Crippen molar-refractivity contribution in [3.8, 4) is 22.6 Å². The second-order valence-corrected chi connectivity index (χ2v) is 14.7. The molecule has 0 unspecified atom stereocenters. The van der Waals surface area contributed by atoms with Crippen molar-refractivity contribution in [2.24, 2.45) is 0 Å². The van der Waals surface area contributed by atoms with Gasteiger partial charge >= 0.3 is 21.0 Å². The molecule has 0 aliphatic heterocycles. The van der Waals surface area contributed by atoms with Crippen LogP contribution in [0.5, 0.6) is 11.5 Å². The maximum atomic E-state index is 12.8. The Balaban J connectivity index is 1.36. The Morgan fingerprint density at radius 2 is 1.00 bits per heavy atom. The van der Waals surface area contributed by atoms with Crippen LogP contribution in [0.25, 0.3) is 11.1 Å². The van der Waals surface area contributed by atoms with Gasteiger partial charge in [0.15, 0.2) is 0 Å². The van der Waals surface area contributed by atoms with Crippen molar-refractivity contribution in [2.45, 2.75) is 58.4 Å². The van der Waals surface area contributed by atoms with E-state index in [1.807, 2.05) is 69.3 Å². The summed E-state index contributed by atoms with van der Waals surface area (Å²) in [6.07, 6.45) is 1.52. The van der Waals surface area contributed by atoms with Crippen LogP contribution < -0.4 is 20.1 Å². The molecule has 0 aromatic heterocycles. The van der Waals surface area contributed by atoms with Gasteiger partial charge in [0, 0.05) is 39.0 Å². The van der Waals surface area contributed by atoms with Crippen LogP contribution in [0, 0.1) is 0 Å². The molecule has 2 N–H and O–H groups in total. The second kappa shape index (κ2) is 17.4. The highest BCUT2D eigenvalue weighted by atomic mass is 28.4. The molecule has 50 heavy (non-hydrogen) atoms. The Labute approximate surface area is 296 Å². The summed E-state index contributed by atoms with van der Waals surface area (Å²) in [5, 5.41) is 5.64. The number of ether oxygens (including phenoxy) is 2. The lowest BCUT2D eigenvalue weighted by Crippen LogP contribution is -2.46. The number of unbranched alkanes of at least 4 members (excludes halogenated alkanes) is 1. The third-order valence-electron chi connectivity index (χ3n) is 8.77.